The Kier molecular flexibility index (Phi) is 5.23. The summed E-state index contributed by atoms with van der Waals surface area (Å²) in [4.78, 5) is 16.5. The second-order valence-corrected chi connectivity index (χ2v) is 5.80. The van der Waals surface area contributed by atoms with Crippen LogP contribution in [0.5, 0.6) is 0 Å². The van der Waals surface area contributed by atoms with Gasteiger partial charge in [-0.15, -0.1) is 0 Å². The molecule has 1 N–H and O–H groups in total. The number of nitrogens with zero attached hydrogens (tertiary/aromatic N) is 1. The monoisotopic (exact) mass is 338 g/mol. The van der Waals surface area contributed by atoms with Crippen molar-refractivity contribution in [1.29, 1.82) is 0 Å². The lowest BCUT2D eigenvalue weighted by Crippen LogP contribution is -2.27. The van der Waals surface area contributed by atoms with E-state index in [4.69, 9.17) is 4.42 Å². The molecule has 0 saturated heterocycles. The molecule has 1 amide bonds. The lowest BCUT2D eigenvalue weighted by molar-refractivity contribution is -0.120. The Morgan fingerprint density at radius 3 is 2.56 bits per heavy atom. The van der Waals surface area contributed by atoms with E-state index in [1.54, 1.807) is 12.1 Å². The smallest absolute Gasteiger partial charge is 0.227 e. The Morgan fingerprint density at radius 1 is 1.12 bits per heavy atom. The van der Waals surface area contributed by atoms with Gasteiger partial charge in [0.2, 0.25) is 11.8 Å². The van der Waals surface area contributed by atoms with Gasteiger partial charge in [0.15, 0.2) is 0 Å². The van der Waals surface area contributed by atoms with Crippen molar-refractivity contribution in [2.45, 2.75) is 19.8 Å². The molecule has 3 aromatic rings. The fraction of sp³-hybridized carbons (Fsp3) is 0.200. The van der Waals surface area contributed by atoms with E-state index in [-0.39, 0.29) is 18.1 Å². The van der Waals surface area contributed by atoms with Crippen LogP contribution >= 0.6 is 0 Å². The lowest BCUT2D eigenvalue weighted by Gasteiger charge is -2.04. The number of halogens is 1. The fourth-order valence-electron chi connectivity index (χ4n) is 2.50. The Labute approximate surface area is 145 Å². The summed E-state index contributed by atoms with van der Waals surface area (Å²) in [6.45, 7) is 2.32. The molecule has 1 heterocycles. The van der Waals surface area contributed by atoms with Crippen LogP contribution < -0.4 is 5.32 Å². The summed E-state index contributed by atoms with van der Waals surface area (Å²) in [5.74, 6) is 0.703. The molecule has 0 unspecified atom stereocenters. The molecule has 3 rings (SSSR count). The fourth-order valence-corrected chi connectivity index (χ4v) is 2.50. The van der Waals surface area contributed by atoms with E-state index in [0.717, 1.165) is 11.1 Å². The molecule has 0 saturated carbocycles. The van der Waals surface area contributed by atoms with Gasteiger partial charge in [-0.3, -0.25) is 4.79 Å². The largest absolute Gasteiger partial charge is 0.440 e. The van der Waals surface area contributed by atoms with E-state index in [0.29, 0.717) is 30.3 Å². The summed E-state index contributed by atoms with van der Waals surface area (Å²) in [6.07, 6.45) is 0.797. The first-order valence-corrected chi connectivity index (χ1v) is 8.14. The highest BCUT2D eigenvalue weighted by atomic mass is 19.1. The van der Waals surface area contributed by atoms with Gasteiger partial charge in [0.1, 0.15) is 11.6 Å². The quantitative estimate of drug-likeness (QED) is 0.746. The summed E-state index contributed by atoms with van der Waals surface area (Å²) in [7, 11) is 0. The highest BCUT2D eigenvalue weighted by Crippen LogP contribution is 2.21. The number of oxazole rings is 1. The Balaban J connectivity index is 1.54. The van der Waals surface area contributed by atoms with Gasteiger partial charge >= 0.3 is 0 Å². The average Bonchev–Trinajstić information content (AvgIpc) is 2.98. The third-order valence-electron chi connectivity index (χ3n) is 3.88. The van der Waals surface area contributed by atoms with E-state index in [1.807, 2.05) is 37.3 Å². The molecule has 0 aliphatic heterocycles. The molecule has 0 aliphatic rings. The van der Waals surface area contributed by atoms with E-state index in [1.165, 1.54) is 12.1 Å². The average molecular weight is 338 g/mol. The summed E-state index contributed by atoms with van der Waals surface area (Å²) in [6, 6.07) is 15.8. The van der Waals surface area contributed by atoms with Crippen LogP contribution in [-0.2, 0) is 17.6 Å². The van der Waals surface area contributed by atoms with Gasteiger partial charge < -0.3 is 9.73 Å². The van der Waals surface area contributed by atoms with E-state index >= 15 is 0 Å². The summed E-state index contributed by atoms with van der Waals surface area (Å²) in [5, 5.41) is 2.85. The number of hydrogen-bond acceptors (Lipinski definition) is 3. The van der Waals surface area contributed by atoms with E-state index in [2.05, 4.69) is 10.3 Å². The Hall–Kier alpha value is -2.95. The first-order valence-electron chi connectivity index (χ1n) is 8.14. The second kappa shape index (κ2) is 7.75. The Morgan fingerprint density at radius 2 is 1.84 bits per heavy atom. The van der Waals surface area contributed by atoms with E-state index < -0.39 is 0 Å². The number of nitrogens with one attached hydrogen (secondary N) is 1. The van der Waals surface area contributed by atoms with Crippen molar-refractivity contribution in [2.75, 3.05) is 6.54 Å². The number of amides is 1. The minimum absolute atomic E-state index is 0.124. The van der Waals surface area contributed by atoms with Crippen LogP contribution in [-0.4, -0.2) is 17.4 Å². The van der Waals surface area contributed by atoms with Crippen molar-refractivity contribution < 1.29 is 13.6 Å². The zero-order valence-electron chi connectivity index (χ0n) is 14.0. The highest BCUT2D eigenvalue weighted by Gasteiger charge is 2.14. The predicted octanol–water partition coefficient (Wildman–Crippen LogP) is 3.69. The molecule has 128 valence electrons. The minimum Gasteiger partial charge on any atom is -0.440 e. The number of aromatic nitrogens is 1. The maximum Gasteiger partial charge on any atom is 0.227 e. The zero-order chi connectivity index (χ0) is 17.6. The molecule has 0 aliphatic carbocycles. The van der Waals surface area contributed by atoms with Crippen LogP contribution in [0, 0.1) is 12.7 Å². The summed E-state index contributed by atoms with van der Waals surface area (Å²) < 4.78 is 18.6. The molecule has 2 aromatic carbocycles. The van der Waals surface area contributed by atoms with Crippen LogP contribution in [0.15, 0.2) is 59.0 Å². The number of carbonyl (C=O) groups excluding carboxylic acids is 1. The predicted molar refractivity (Wildman–Crippen MR) is 93.5 cm³/mol. The van der Waals surface area contributed by atoms with E-state index in [9.17, 15) is 9.18 Å². The molecule has 0 radical (unpaired) electrons. The molecule has 0 bridgehead atoms. The maximum absolute atomic E-state index is 12.9. The molecular formula is C20H19FN2O2. The molecule has 25 heavy (non-hydrogen) atoms. The number of carbonyl (C=O) groups is 1. The summed E-state index contributed by atoms with van der Waals surface area (Å²) in [5.41, 5.74) is 2.57. The number of rotatable bonds is 6. The van der Waals surface area contributed by atoms with Crippen molar-refractivity contribution in [2.24, 2.45) is 0 Å². The van der Waals surface area contributed by atoms with Gasteiger partial charge in [-0.25, -0.2) is 9.37 Å². The van der Waals surface area contributed by atoms with Crippen molar-refractivity contribution in [1.82, 2.24) is 10.3 Å². The maximum atomic E-state index is 12.9. The lowest BCUT2D eigenvalue weighted by atomic mass is 10.1. The van der Waals surface area contributed by atoms with Gasteiger partial charge in [-0.2, -0.15) is 0 Å². The number of benzene rings is 2. The van der Waals surface area contributed by atoms with Crippen molar-refractivity contribution in [3.63, 3.8) is 0 Å². The highest BCUT2D eigenvalue weighted by molar-refractivity contribution is 5.78. The first-order chi connectivity index (χ1) is 12.1. The number of hydrogen-bond donors (Lipinski definition) is 1. The van der Waals surface area contributed by atoms with Crippen molar-refractivity contribution in [3.8, 4) is 11.5 Å². The molecule has 0 atom stereocenters. The third-order valence-corrected chi connectivity index (χ3v) is 3.88. The second-order valence-electron chi connectivity index (χ2n) is 5.80. The third kappa shape index (κ3) is 4.53. The summed E-state index contributed by atoms with van der Waals surface area (Å²) >= 11 is 0. The molecule has 4 nitrogen and oxygen atoms in total. The number of aryl methyl sites for hydroxylation is 1. The van der Waals surface area contributed by atoms with Gasteiger partial charge in [0.05, 0.1) is 12.1 Å². The van der Waals surface area contributed by atoms with Crippen LogP contribution in [0.25, 0.3) is 11.5 Å². The van der Waals surface area contributed by atoms with Crippen LogP contribution in [0.3, 0.4) is 0 Å². The van der Waals surface area contributed by atoms with Crippen molar-refractivity contribution >= 4 is 5.91 Å². The van der Waals surface area contributed by atoms with Crippen molar-refractivity contribution in [3.05, 3.63) is 77.4 Å². The SMILES string of the molecule is Cc1nc(-c2ccccc2)oc1CC(=O)NCCc1ccc(F)cc1. The molecule has 5 heteroatoms. The van der Waals surface area contributed by atoms with Gasteiger partial charge in [0.25, 0.3) is 0 Å². The zero-order valence-corrected chi connectivity index (χ0v) is 14.0. The molecular weight excluding hydrogens is 319 g/mol. The minimum atomic E-state index is -0.261. The van der Waals surface area contributed by atoms with Gasteiger partial charge in [-0.1, -0.05) is 30.3 Å². The standard InChI is InChI=1S/C20H19FN2O2/c1-14-18(25-20(23-14)16-5-3-2-4-6-16)13-19(24)22-12-11-15-7-9-17(21)10-8-15/h2-10H,11-13H2,1H3,(H,22,24). The van der Waals surface area contributed by atoms with Gasteiger partial charge in [-0.05, 0) is 43.2 Å². The van der Waals surface area contributed by atoms with Crippen LogP contribution in [0.2, 0.25) is 0 Å². The normalized spacial score (nSPS) is 10.6. The van der Waals surface area contributed by atoms with Crippen LogP contribution in [0.1, 0.15) is 17.0 Å². The molecule has 0 fully saturated rings. The van der Waals surface area contributed by atoms with Gasteiger partial charge in [0, 0.05) is 12.1 Å². The molecule has 0 spiro atoms. The molecule has 1 aromatic heterocycles. The first kappa shape index (κ1) is 16.9. The topological polar surface area (TPSA) is 55.1 Å². The van der Waals surface area contributed by atoms with Crippen LogP contribution in [0.4, 0.5) is 4.39 Å². The Bertz CT molecular complexity index is 842.